The molecule has 0 saturated carbocycles. The zero-order valence-electron chi connectivity index (χ0n) is 17.7. The van der Waals surface area contributed by atoms with E-state index in [4.69, 9.17) is 9.84 Å². The molecule has 30 heavy (non-hydrogen) atoms. The number of aliphatic hydroxyl groups excluding tert-OH is 1. The lowest BCUT2D eigenvalue weighted by Crippen LogP contribution is -2.43. The Morgan fingerprint density at radius 1 is 1.20 bits per heavy atom. The number of nitrogens with one attached hydrogen (secondary N) is 2. The fourth-order valence-corrected chi connectivity index (χ4v) is 3.30. The summed E-state index contributed by atoms with van der Waals surface area (Å²) < 4.78 is 5.45. The highest BCUT2D eigenvalue weighted by Crippen LogP contribution is 2.18. The molecule has 164 valence electrons. The lowest BCUT2D eigenvalue weighted by atomic mass is 9.94. The highest BCUT2D eigenvalue weighted by Gasteiger charge is 2.25. The van der Waals surface area contributed by atoms with Crippen LogP contribution in [0.15, 0.2) is 42.5 Å². The topological polar surface area (TPSA) is 105 Å². The molecular formula is C23H32N2O5. The van der Waals surface area contributed by atoms with Gasteiger partial charge in [0.25, 0.3) is 0 Å². The van der Waals surface area contributed by atoms with Crippen molar-refractivity contribution in [3.05, 3.63) is 48.0 Å². The number of amides is 2. The van der Waals surface area contributed by atoms with Crippen LogP contribution < -0.4 is 10.6 Å². The SMILES string of the molecule is C[C@@H](CO)NC(=O)C[C@H]1CC=CC[C@@H](Cc2ccccc2)C(=O)OC[C@H](C)NC1=O. The van der Waals surface area contributed by atoms with Gasteiger partial charge in [0, 0.05) is 12.5 Å². The van der Waals surface area contributed by atoms with Crippen LogP contribution in [0, 0.1) is 11.8 Å². The molecule has 7 heteroatoms. The summed E-state index contributed by atoms with van der Waals surface area (Å²) in [6.07, 6.45) is 5.24. The molecule has 3 N–H and O–H groups in total. The number of aliphatic hydroxyl groups is 1. The van der Waals surface area contributed by atoms with E-state index >= 15 is 0 Å². The van der Waals surface area contributed by atoms with Gasteiger partial charge in [0.05, 0.1) is 24.5 Å². The first kappa shape index (κ1) is 23.6. The van der Waals surface area contributed by atoms with Crippen LogP contribution in [-0.2, 0) is 25.5 Å². The van der Waals surface area contributed by atoms with Gasteiger partial charge in [0.2, 0.25) is 11.8 Å². The van der Waals surface area contributed by atoms with E-state index in [0.717, 1.165) is 5.56 Å². The van der Waals surface area contributed by atoms with Crippen molar-refractivity contribution in [1.29, 1.82) is 0 Å². The highest BCUT2D eigenvalue weighted by atomic mass is 16.5. The summed E-state index contributed by atoms with van der Waals surface area (Å²) in [7, 11) is 0. The number of rotatable bonds is 6. The van der Waals surface area contributed by atoms with Crippen LogP contribution in [0.1, 0.15) is 38.7 Å². The largest absolute Gasteiger partial charge is 0.463 e. The Balaban J connectivity index is 2.08. The van der Waals surface area contributed by atoms with Crippen LogP contribution in [0.4, 0.5) is 0 Å². The van der Waals surface area contributed by atoms with Crippen LogP contribution in [0.3, 0.4) is 0 Å². The highest BCUT2D eigenvalue weighted by molar-refractivity contribution is 5.86. The molecule has 0 spiro atoms. The molecule has 2 rings (SSSR count). The van der Waals surface area contributed by atoms with Crippen molar-refractivity contribution in [1.82, 2.24) is 10.6 Å². The Morgan fingerprint density at radius 3 is 2.53 bits per heavy atom. The number of hydrogen-bond donors (Lipinski definition) is 3. The quantitative estimate of drug-likeness (QED) is 0.484. The summed E-state index contributed by atoms with van der Waals surface area (Å²) in [4.78, 5) is 37.3. The molecule has 1 aromatic rings. The van der Waals surface area contributed by atoms with E-state index in [9.17, 15) is 14.4 Å². The number of carbonyl (C=O) groups is 3. The standard InChI is InChI=1S/C23H32N2O5/c1-16(14-26)24-21(27)13-19-10-6-7-11-20(12-18-8-4-3-5-9-18)23(29)30-15-17(2)25-22(19)28/h3-9,16-17,19-20,26H,10-15H2,1-2H3,(H,24,27)(H,25,28)/t16-,17-,19+,20-/m0/s1. The first-order valence-electron chi connectivity index (χ1n) is 10.4. The number of benzene rings is 1. The minimum atomic E-state index is -0.530. The monoisotopic (exact) mass is 416 g/mol. The van der Waals surface area contributed by atoms with Crippen molar-refractivity contribution >= 4 is 17.8 Å². The minimum absolute atomic E-state index is 0.0282. The van der Waals surface area contributed by atoms with Gasteiger partial charge in [-0.1, -0.05) is 42.5 Å². The summed E-state index contributed by atoms with van der Waals surface area (Å²) in [5, 5.41) is 14.6. The molecule has 1 heterocycles. The normalized spacial score (nSPS) is 24.0. The van der Waals surface area contributed by atoms with Crippen molar-refractivity contribution in [2.45, 2.75) is 51.6 Å². The maximum absolute atomic E-state index is 12.6. The zero-order chi connectivity index (χ0) is 21.9. The smallest absolute Gasteiger partial charge is 0.309 e. The fourth-order valence-electron chi connectivity index (χ4n) is 3.30. The summed E-state index contributed by atoms with van der Waals surface area (Å²) in [6, 6.07) is 9.07. The number of cyclic esters (lactones) is 1. The van der Waals surface area contributed by atoms with Gasteiger partial charge in [-0.15, -0.1) is 0 Å². The molecule has 0 fully saturated rings. The van der Waals surface area contributed by atoms with Gasteiger partial charge < -0.3 is 20.5 Å². The van der Waals surface area contributed by atoms with Crippen molar-refractivity contribution < 1.29 is 24.2 Å². The number of esters is 1. The van der Waals surface area contributed by atoms with Gasteiger partial charge in [-0.3, -0.25) is 14.4 Å². The number of hydrogen-bond acceptors (Lipinski definition) is 5. The van der Waals surface area contributed by atoms with E-state index in [1.54, 1.807) is 13.8 Å². The van der Waals surface area contributed by atoms with Gasteiger partial charge in [0.15, 0.2) is 0 Å². The van der Waals surface area contributed by atoms with Crippen molar-refractivity contribution in [3.8, 4) is 0 Å². The molecule has 0 aliphatic carbocycles. The average molecular weight is 417 g/mol. The van der Waals surface area contributed by atoms with Crippen LogP contribution in [0.5, 0.6) is 0 Å². The Hall–Kier alpha value is -2.67. The fraction of sp³-hybridized carbons (Fsp3) is 0.522. The Labute approximate surface area is 177 Å². The zero-order valence-corrected chi connectivity index (χ0v) is 17.7. The summed E-state index contributed by atoms with van der Waals surface area (Å²) >= 11 is 0. The molecule has 4 atom stereocenters. The van der Waals surface area contributed by atoms with E-state index in [1.807, 2.05) is 42.5 Å². The second-order valence-electron chi connectivity index (χ2n) is 7.92. The maximum Gasteiger partial charge on any atom is 0.309 e. The van der Waals surface area contributed by atoms with E-state index < -0.39 is 5.92 Å². The molecule has 0 unspecified atom stereocenters. The molecule has 0 saturated heterocycles. The first-order valence-corrected chi connectivity index (χ1v) is 10.4. The van der Waals surface area contributed by atoms with Crippen molar-refractivity contribution in [3.63, 3.8) is 0 Å². The molecule has 1 aliphatic heterocycles. The Morgan fingerprint density at radius 2 is 1.87 bits per heavy atom. The average Bonchev–Trinajstić information content (AvgIpc) is 2.73. The first-order chi connectivity index (χ1) is 14.4. The summed E-state index contributed by atoms with van der Waals surface area (Å²) in [5.41, 5.74) is 1.06. The van der Waals surface area contributed by atoms with E-state index in [2.05, 4.69) is 10.6 Å². The minimum Gasteiger partial charge on any atom is -0.463 e. The van der Waals surface area contributed by atoms with Crippen LogP contribution >= 0.6 is 0 Å². The van der Waals surface area contributed by atoms with Crippen molar-refractivity contribution in [2.24, 2.45) is 11.8 Å². The van der Waals surface area contributed by atoms with Crippen LogP contribution in [0.2, 0.25) is 0 Å². The number of ether oxygens (including phenoxy) is 1. The van der Waals surface area contributed by atoms with Crippen molar-refractivity contribution in [2.75, 3.05) is 13.2 Å². The van der Waals surface area contributed by atoms with Gasteiger partial charge in [-0.25, -0.2) is 0 Å². The number of allylic oxidation sites excluding steroid dienone is 2. The van der Waals surface area contributed by atoms with Gasteiger partial charge in [-0.05, 0) is 38.7 Å². The maximum atomic E-state index is 12.6. The third-order valence-corrected chi connectivity index (χ3v) is 5.01. The molecule has 0 aromatic heterocycles. The van der Waals surface area contributed by atoms with Crippen LogP contribution in [-0.4, -0.2) is 48.2 Å². The van der Waals surface area contributed by atoms with Gasteiger partial charge >= 0.3 is 5.97 Å². The number of carbonyl (C=O) groups excluding carboxylic acids is 3. The second-order valence-corrected chi connectivity index (χ2v) is 7.92. The molecule has 0 radical (unpaired) electrons. The predicted octanol–water partition coefficient (Wildman–Crippen LogP) is 1.75. The third kappa shape index (κ3) is 7.99. The summed E-state index contributed by atoms with van der Waals surface area (Å²) in [6.45, 7) is 3.39. The lowest BCUT2D eigenvalue weighted by Gasteiger charge is -2.22. The second kappa shape index (κ2) is 12.1. The third-order valence-electron chi connectivity index (χ3n) is 5.01. The van der Waals surface area contributed by atoms with E-state index in [1.165, 1.54) is 0 Å². The predicted molar refractivity (Wildman–Crippen MR) is 113 cm³/mol. The molecular weight excluding hydrogens is 384 g/mol. The molecule has 1 aromatic carbocycles. The summed E-state index contributed by atoms with van der Waals surface area (Å²) in [5.74, 6) is -1.65. The van der Waals surface area contributed by atoms with Crippen LogP contribution in [0.25, 0.3) is 0 Å². The molecule has 1 aliphatic rings. The van der Waals surface area contributed by atoms with E-state index in [0.29, 0.717) is 19.3 Å². The van der Waals surface area contributed by atoms with Gasteiger partial charge in [0.1, 0.15) is 6.61 Å². The van der Waals surface area contributed by atoms with Gasteiger partial charge in [-0.2, -0.15) is 0 Å². The Kier molecular flexibility index (Phi) is 9.54. The lowest BCUT2D eigenvalue weighted by molar-refractivity contribution is -0.149. The Bertz CT molecular complexity index is 734. The molecule has 7 nitrogen and oxygen atoms in total. The molecule has 2 amide bonds. The molecule has 0 bridgehead atoms. The van der Waals surface area contributed by atoms with E-state index in [-0.39, 0.29) is 55.4 Å².